The second kappa shape index (κ2) is 9.13. The maximum absolute atomic E-state index is 11.9. The Kier molecular flexibility index (Phi) is 6.38. The van der Waals surface area contributed by atoms with Crippen LogP contribution in [0.1, 0.15) is 36.8 Å². The molecule has 144 valence electrons. The van der Waals surface area contributed by atoms with Crippen LogP contribution >= 0.6 is 0 Å². The summed E-state index contributed by atoms with van der Waals surface area (Å²) >= 11 is -0.857. The molecule has 1 fully saturated rings. The van der Waals surface area contributed by atoms with E-state index in [0.717, 1.165) is 22.9 Å². The van der Waals surface area contributed by atoms with Crippen LogP contribution < -0.4 is 5.32 Å². The lowest BCUT2D eigenvalue weighted by Crippen LogP contribution is -2.35. The van der Waals surface area contributed by atoms with Crippen LogP contribution in [-0.4, -0.2) is 35.0 Å². The van der Waals surface area contributed by atoms with Gasteiger partial charge in [0.2, 0.25) is 0 Å². The van der Waals surface area contributed by atoms with Crippen molar-refractivity contribution in [2.45, 2.75) is 43.4 Å². The van der Waals surface area contributed by atoms with Gasteiger partial charge in [0, 0.05) is 11.2 Å². The van der Waals surface area contributed by atoms with E-state index in [1.165, 1.54) is 62.9 Å². The van der Waals surface area contributed by atoms with Gasteiger partial charge in [-0.1, -0.05) is 36.4 Å². The zero-order valence-electron chi connectivity index (χ0n) is 16.0. The van der Waals surface area contributed by atoms with Crippen molar-refractivity contribution in [3.8, 4) is 0 Å². The molecule has 1 unspecified atom stereocenters. The highest BCUT2D eigenvalue weighted by Crippen LogP contribution is 2.29. The Morgan fingerprint density at radius 3 is 2.63 bits per heavy atom. The van der Waals surface area contributed by atoms with Crippen molar-refractivity contribution >= 4 is 16.9 Å². The monoisotopic (exact) mass is 382 g/mol. The topological polar surface area (TPSA) is 38.3 Å². The molecular formula is C23H30N2OS. The average molecular weight is 383 g/mol. The van der Waals surface area contributed by atoms with E-state index in [1.54, 1.807) is 0 Å². The summed E-state index contributed by atoms with van der Waals surface area (Å²) in [7, 11) is 0. The van der Waals surface area contributed by atoms with Gasteiger partial charge in [-0.15, -0.1) is 0 Å². The number of nitrogens with one attached hydrogen (secondary N) is 1. The zero-order valence-corrected chi connectivity index (χ0v) is 16.8. The molecule has 27 heavy (non-hydrogen) atoms. The van der Waals surface area contributed by atoms with E-state index in [4.69, 9.17) is 0 Å². The van der Waals surface area contributed by atoms with Crippen LogP contribution in [0.2, 0.25) is 0 Å². The quantitative estimate of drug-likeness (QED) is 0.568. The Balaban J connectivity index is 1.14. The number of benzene rings is 2. The van der Waals surface area contributed by atoms with E-state index in [0.29, 0.717) is 5.88 Å². The SMILES string of the molecule is [O-][S+]1CNc2ccc(CCCCN3CCC(Cc4ccccc4)CC3)cc21. The number of hydrogen-bond acceptors (Lipinski definition) is 3. The first-order chi connectivity index (χ1) is 13.3. The maximum atomic E-state index is 11.9. The summed E-state index contributed by atoms with van der Waals surface area (Å²) in [6.45, 7) is 3.72. The number of likely N-dealkylation sites (tertiary alicyclic amines) is 1. The first-order valence-corrected chi connectivity index (χ1v) is 11.6. The summed E-state index contributed by atoms with van der Waals surface area (Å²) in [6, 6.07) is 17.3. The number of fused-ring (bicyclic) bond motifs is 1. The standard InChI is InChI=1S/C23H30N2OS/c26-27-18-24-22-10-9-20(17-23(22)27)8-4-5-13-25-14-11-21(12-15-25)16-19-6-2-1-3-7-19/h1-3,6-7,9-10,17,21,24H,4-5,8,11-16,18H2. The Hall–Kier alpha value is -1.49. The molecule has 0 saturated carbocycles. The summed E-state index contributed by atoms with van der Waals surface area (Å²) in [5, 5.41) is 3.20. The highest BCUT2D eigenvalue weighted by molar-refractivity contribution is 7.92. The van der Waals surface area contributed by atoms with Crippen LogP contribution in [-0.2, 0) is 24.0 Å². The number of anilines is 1. The Labute approximate surface area is 166 Å². The van der Waals surface area contributed by atoms with Crippen LogP contribution in [0.4, 0.5) is 5.69 Å². The molecule has 2 aromatic rings. The number of unbranched alkanes of at least 4 members (excludes halogenated alkanes) is 1. The lowest BCUT2D eigenvalue weighted by Gasteiger charge is -2.32. The number of aryl methyl sites for hydroxylation is 1. The van der Waals surface area contributed by atoms with E-state index in [9.17, 15) is 4.55 Å². The fourth-order valence-corrected chi connectivity index (χ4v) is 5.41. The Morgan fingerprint density at radius 2 is 1.81 bits per heavy atom. The predicted molar refractivity (Wildman–Crippen MR) is 114 cm³/mol. The van der Waals surface area contributed by atoms with Crippen LogP contribution in [0.15, 0.2) is 53.4 Å². The normalized spacial score (nSPS) is 20.4. The van der Waals surface area contributed by atoms with E-state index >= 15 is 0 Å². The van der Waals surface area contributed by atoms with E-state index in [2.05, 4.69) is 58.7 Å². The Bertz CT molecular complexity index is 728. The molecule has 0 aromatic heterocycles. The average Bonchev–Trinajstić information content (AvgIpc) is 3.08. The highest BCUT2D eigenvalue weighted by atomic mass is 32.2. The van der Waals surface area contributed by atoms with Crippen molar-refractivity contribution in [3.63, 3.8) is 0 Å². The third kappa shape index (κ3) is 5.07. The highest BCUT2D eigenvalue weighted by Gasteiger charge is 2.24. The molecule has 1 N–H and O–H groups in total. The molecule has 0 bridgehead atoms. The molecule has 0 spiro atoms. The van der Waals surface area contributed by atoms with E-state index < -0.39 is 11.2 Å². The lowest BCUT2D eigenvalue weighted by molar-refractivity contribution is 0.181. The minimum Gasteiger partial charge on any atom is -0.610 e. The van der Waals surface area contributed by atoms with Gasteiger partial charge in [0.15, 0.2) is 10.8 Å². The number of rotatable bonds is 7. The summed E-state index contributed by atoms with van der Waals surface area (Å²) in [5.74, 6) is 1.42. The van der Waals surface area contributed by atoms with Crippen molar-refractivity contribution in [2.75, 3.05) is 30.8 Å². The minimum absolute atomic E-state index is 0.568. The summed E-state index contributed by atoms with van der Waals surface area (Å²) in [5.41, 5.74) is 3.87. The Morgan fingerprint density at radius 1 is 1.00 bits per heavy atom. The zero-order chi connectivity index (χ0) is 18.5. The van der Waals surface area contributed by atoms with Crippen LogP contribution in [0.25, 0.3) is 0 Å². The smallest absolute Gasteiger partial charge is 0.181 e. The molecule has 1 saturated heterocycles. The van der Waals surface area contributed by atoms with Crippen molar-refractivity contribution in [1.82, 2.24) is 4.90 Å². The maximum Gasteiger partial charge on any atom is 0.181 e. The van der Waals surface area contributed by atoms with Gasteiger partial charge in [-0.25, -0.2) is 0 Å². The molecular weight excluding hydrogens is 352 g/mol. The third-order valence-corrected chi connectivity index (χ3v) is 7.18. The van der Waals surface area contributed by atoms with Gasteiger partial charge in [-0.2, -0.15) is 0 Å². The third-order valence-electron chi connectivity index (χ3n) is 5.95. The number of piperidine rings is 1. The second-order valence-electron chi connectivity index (χ2n) is 7.93. The van der Waals surface area contributed by atoms with Gasteiger partial charge < -0.3 is 14.8 Å². The molecule has 4 heteroatoms. The van der Waals surface area contributed by atoms with E-state index in [1.807, 2.05) is 0 Å². The summed E-state index contributed by atoms with van der Waals surface area (Å²) in [4.78, 5) is 3.64. The van der Waals surface area contributed by atoms with Gasteiger partial charge in [-0.05, 0) is 87.3 Å². The van der Waals surface area contributed by atoms with Gasteiger partial charge in [0.25, 0.3) is 0 Å². The molecule has 0 amide bonds. The van der Waals surface area contributed by atoms with E-state index in [-0.39, 0.29) is 0 Å². The van der Waals surface area contributed by atoms with Gasteiger partial charge >= 0.3 is 0 Å². The molecule has 4 rings (SSSR count). The van der Waals surface area contributed by atoms with Gasteiger partial charge in [0.05, 0.1) is 5.69 Å². The molecule has 2 aliphatic heterocycles. The van der Waals surface area contributed by atoms with Crippen molar-refractivity contribution in [2.24, 2.45) is 5.92 Å². The summed E-state index contributed by atoms with van der Waals surface area (Å²) < 4.78 is 11.9. The largest absolute Gasteiger partial charge is 0.610 e. The molecule has 0 radical (unpaired) electrons. The minimum atomic E-state index is -0.857. The number of hydrogen-bond donors (Lipinski definition) is 1. The fraction of sp³-hybridized carbons (Fsp3) is 0.478. The van der Waals surface area contributed by atoms with Gasteiger partial charge in [0.1, 0.15) is 0 Å². The number of nitrogens with zero attached hydrogens (tertiary/aromatic N) is 1. The first kappa shape index (κ1) is 18.9. The summed E-state index contributed by atoms with van der Waals surface area (Å²) in [6.07, 6.45) is 7.46. The van der Waals surface area contributed by atoms with Gasteiger partial charge in [-0.3, -0.25) is 0 Å². The van der Waals surface area contributed by atoms with Crippen molar-refractivity contribution in [1.29, 1.82) is 0 Å². The van der Waals surface area contributed by atoms with Crippen LogP contribution in [0.5, 0.6) is 0 Å². The first-order valence-electron chi connectivity index (χ1n) is 10.3. The van der Waals surface area contributed by atoms with Crippen LogP contribution in [0, 0.1) is 5.92 Å². The fourth-order valence-electron chi connectivity index (χ4n) is 4.30. The molecule has 1 atom stereocenters. The predicted octanol–water partition coefficient (Wildman–Crippen LogP) is 4.45. The molecule has 2 heterocycles. The van der Waals surface area contributed by atoms with Crippen LogP contribution in [0.3, 0.4) is 0 Å². The second-order valence-corrected chi connectivity index (χ2v) is 9.35. The molecule has 0 aliphatic carbocycles. The van der Waals surface area contributed by atoms with Crippen molar-refractivity contribution < 1.29 is 4.55 Å². The molecule has 3 nitrogen and oxygen atoms in total. The lowest BCUT2D eigenvalue weighted by atomic mass is 9.90. The molecule has 2 aliphatic rings. The molecule has 2 aromatic carbocycles. The van der Waals surface area contributed by atoms with Crippen molar-refractivity contribution in [3.05, 3.63) is 59.7 Å².